The molecule has 0 bridgehead atoms. The molecule has 2 N–H and O–H groups in total. The molecule has 94 valence electrons. The third kappa shape index (κ3) is 1.79. The van der Waals surface area contributed by atoms with Gasteiger partial charge in [-0.25, -0.2) is 14.4 Å². The van der Waals surface area contributed by atoms with Gasteiger partial charge in [0.1, 0.15) is 18.2 Å². The zero-order valence-electron chi connectivity index (χ0n) is 9.19. The number of nitrogens with zero attached hydrogens (tertiary/aromatic N) is 2. The summed E-state index contributed by atoms with van der Waals surface area (Å²) in [6, 6.07) is 1.54. The van der Waals surface area contributed by atoms with Crippen molar-refractivity contribution < 1.29 is 13.9 Å². The number of ether oxygens (including phenoxy) is 2. The summed E-state index contributed by atoms with van der Waals surface area (Å²) in [5.41, 5.74) is 6.11. The number of halogens is 2. The standard InChI is InChI=1S/C11H9BrFN3O2/c12-6-1-7(18-5-2-17-3-5)9(13)8-10(6)15-4-16-11(8)14/h1,4-5H,2-3H2,(H2,14,15,16). The summed E-state index contributed by atoms with van der Waals surface area (Å²) >= 11 is 3.32. The molecule has 1 saturated heterocycles. The van der Waals surface area contributed by atoms with Gasteiger partial charge in [0, 0.05) is 4.47 Å². The van der Waals surface area contributed by atoms with Gasteiger partial charge in [-0.1, -0.05) is 0 Å². The largest absolute Gasteiger partial charge is 0.482 e. The second kappa shape index (κ2) is 4.33. The van der Waals surface area contributed by atoms with Crippen LogP contribution < -0.4 is 10.5 Å². The van der Waals surface area contributed by atoms with Gasteiger partial charge in [0.2, 0.25) is 0 Å². The number of benzene rings is 1. The van der Waals surface area contributed by atoms with E-state index in [1.165, 1.54) is 6.33 Å². The first kappa shape index (κ1) is 11.6. The van der Waals surface area contributed by atoms with Crippen molar-refractivity contribution in [3.05, 3.63) is 22.7 Å². The molecule has 0 atom stereocenters. The molecular weight excluding hydrogens is 305 g/mol. The van der Waals surface area contributed by atoms with E-state index >= 15 is 0 Å². The molecule has 3 rings (SSSR count). The summed E-state index contributed by atoms with van der Waals surface area (Å²) in [4.78, 5) is 7.79. The molecule has 1 aromatic carbocycles. The van der Waals surface area contributed by atoms with Crippen LogP contribution in [0.15, 0.2) is 16.9 Å². The Bertz CT molecular complexity index is 619. The maximum atomic E-state index is 14.3. The minimum Gasteiger partial charge on any atom is -0.482 e. The highest BCUT2D eigenvalue weighted by Crippen LogP contribution is 2.34. The number of fused-ring (bicyclic) bond motifs is 1. The lowest BCUT2D eigenvalue weighted by atomic mass is 10.2. The van der Waals surface area contributed by atoms with E-state index in [0.29, 0.717) is 23.2 Å². The zero-order valence-corrected chi connectivity index (χ0v) is 10.8. The van der Waals surface area contributed by atoms with Crippen LogP contribution in [0.5, 0.6) is 5.75 Å². The molecule has 2 aromatic rings. The van der Waals surface area contributed by atoms with Crippen LogP contribution in [0.25, 0.3) is 10.9 Å². The summed E-state index contributed by atoms with van der Waals surface area (Å²) in [7, 11) is 0. The Morgan fingerprint density at radius 2 is 2.22 bits per heavy atom. The molecule has 0 saturated carbocycles. The fourth-order valence-electron chi connectivity index (χ4n) is 1.71. The Labute approximate surface area is 110 Å². The Hall–Kier alpha value is -1.47. The average Bonchev–Trinajstić information content (AvgIpc) is 2.29. The lowest BCUT2D eigenvalue weighted by Gasteiger charge is -2.27. The third-order valence-electron chi connectivity index (χ3n) is 2.70. The van der Waals surface area contributed by atoms with Crippen molar-refractivity contribution in [2.45, 2.75) is 6.10 Å². The summed E-state index contributed by atoms with van der Waals surface area (Å²) in [6.07, 6.45) is 1.18. The Kier molecular flexibility index (Phi) is 2.79. The van der Waals surface area contributed by atoms with E-state index in [1.807, 2.05) is 0 Å². The number of nitrogen functional groups attached to an aromatic ring is 1. The number of hydrogen-bond acceptors (Lipinski definition) is 5. The second-order valence-corrected chi connectivity index (χ2v) is 4.78. The van der Waals surface area contributed by atoms with E-state index in [1.54, 1.807) is 6.07 Å². The SMILES string of the molecule is Nc1ncnc2c(Br)cc(OC3COC3)c(F)c12. The molecule has 1 fully saturated rings. The van der Waals surface area contributed by atoms with Crippen LogP contribution >= 0.6 is 15.9 Å². The van der Waals surface area contributed by atoms with Crippen LogP contribution in [0.4, 0.5) is 10.2 Å². The Balaban J connectivity index is 2.15. The van der Waals surface area contributed by atoms with Crippen LogP contribution in [-0.2, 0) is 4.74 Å². The highest BCUT2D eigenvalue weighted by Gasteiger charge is 2.24. The van der Waals surface area contributed by atoms with Crippen molar-refractivity contribution in [3.8, 4) is 5.75 Å². The van der Waals surface area contributed by atoms with Gasteiger partial charge < -0.3 is 15.2 Å². The number of nitrogens with two attached hydrogens (primary N) is 1. The minimum absolute atomic E-state index is 0.0912. The fourth-order valence-corrected chi connectivity index (χ4v) is 2.22. The summed E-state index contributed by atoms with van der Waals surface area (Å²) in [5.74, 6) is -0.323. The van der Waals surface area contributed by atoms with Crippen LogP contribution in [0.3, 0.4) is 0 Å². The Morgan fingerprint density at radius 3 is 2.89 bits per heavy atom. The van der Waals surface area contributed by atoms with Gasteiger partial charge in [-0.05, 0) is 22.0 Å². The quantitative estimate of drug-likeness (QED) is 0.916. The Morgan fingerprint density at radius 1 is 1.44 bits per heavy atom. The van der Waals surface area contributed by atoms with Gasteiger partial charge in [-0.15, -0.1) is 0 Å². The van der Waals surface area contributed by atoms with Gasteiger partial charge in [-0.2, -0.15) is 0 Å². The highest BCUT2D eigenvalue weighted by molar-refractivity contribution is 9.10. The molecular formula is C11H9BrFN3O2. The molecule has 0 aliphatic carbocycles. The van der Waals surface area contributed by atoms with Crippen molar-refractivity contribution in [1.29, 1.82) is 0 Å². The van der Waals surface area contributed by atoms with Crippen molar-refractivity contribution in [2.24, 2.45) is 0 Å². The van der Waals surface area contributed by atoms with Crippen molar-refractivity contribution >= 4 is 32.7 Å². The number of hydrogen-bond donors (Lipinski definition) is 1. The second-order valence-electron chi connectivity index (χ2n) is 3.93. The van der Waals surface area contributed by atoms with Crippen LogP contribution in [0.2, 0.25) is 0 Å². The molecule has 0 spiro atoms. The van der Waals surface area contributed by atoms with E-state index in [9.17, 15) is 4.39 Å². The van der Waals surface area contributed by atoms with Gasteiger partial charge in [-0.3, -0.25) is 0 Å². The summed E-state index contributed by atoms with van der Waals surface area (Å²) in [5, 5.41) is 0.169. The molecule has 1 aromatic heterocycles. The van der Waals surface area contributed by atoms with E-state index in [-0.39, 0.29) is 23.1 Å². The highest BCUT2D eigenvalue weighted by atomic mass is 79.9. The minimum atomic E-state index is -0.543. The zero-order chi connectivity index (χ0) is 12.7. The first-order valence-corrected chi connectivity index (χ1v) is 6.08. The maximum Gasteiger partial charge on any atom is 0.178 e. The average molecular weight is 314 g/mol. The molecule has 0 unspecified atom stereocenters. The topological polar surface area (TPSA) is 70.3 Å². The van der Waals surface area contributed by atoms with Crippen molar-refractivity contribution in [2.75, 3.05) is 18.9 Å². The predicted molar refractivity (Wildman–Crippen MR) is 66.8 cm³/mol. The fraction of sp³-hybridized carbons (Fsp3) is 0.273. The first-order valence-electron chi connectivity index (χ1n) is 5.29. The van der Waals surface area contributed by atoms with E-state index in [4.69, 9.17) is 15.2 Å². The maximum absolute atomic E-state index is 14.3. The molecule has 1 aliphatic rings. The van der Waals surface area contributed by atoms with E-state index < -0.39 is 5.82 Å². The normalized spacial score (nSPS) is 15.7. The number of anilines is 1. The molecule has 7 heteroatoms. The van der Waals surface area contributed by atoms with Crippen molar-refractivity contribution in [3.63, 3.8) is 0 Å². The molecule has 0 radical (unpaired) electrons. The van der Waals surface area contributed by atoms with Gasteiger partial charge in [0.15, 0.2) is 11.6 Å². The van der Waals surface area contributed by atoms with E-state index in [2.05, 4.69) is 25.9 Å². The first-order chi connectivity index (χ1) is 8.66. The predicted octanol–water partition coefficient (Wildman–Crippen LogP) is 1.89. The number of rotatable bonds is 2. The van der Waals surface area contributed by atoms with Crippen molar-refractivity contribution in [1.82, 2.24) is 9.97 Å². The van der Waals surface area contributed by atoms with Crippen LogP contribution in [0, 0.1) is 5.82 Å². The lowest BCUT2D eigenvalue weighted by molar-refractivity contribution is -0.0808. The van der Waals surface area contributed by atoms with Crippen LogP contribution in [-0.4, -0.2) is 29.3 Å². The smallest absolute Gasteiger partial charge is 0.178 e. The van der Waals surface area contributed by atoms with Gasteiger partial charge >= 0.3 is 0 Å². The summed E-state index contributed by atoms with van der Waals surface area (Å²) in [6.45, 7) is 0.936. The molecule has 2 heterocycles. The van der Waals surface area contributed by atoms with Crippen LogP contribution in [0.1, 0.15) is 0 Å². The monoisotopic (exact) mass is 313 g/mol. The number of aromatic nitrogens is 2. The molecule has 18 heavy (non-hydrogen) atoms. The summed E-state index contributed by atoms with van der Waals surface area (Å²) < 4.78 is 25.4. The molecule has 5 nitrogen and oxygen atoms in total. The van der Waals surface area contributed by atoms with Gasteiger partial charge in [0.25, 0.3) is 0 Å². The molecule has 0 amide bonds. The van der Waals surface area contributed by atoms with Gasteiger partial charge in [0.05, 0.1) is 24.1 Å². The molecule has 1 aliphatic heterocycles. The van der Waals surface area contributed by atoms with E-state index in [0.717, 1.165) is 0 Å². The third-order valence-corrected chi connectivity index (χ3v) is 3.30. The lowest BCUT2D eigenvalue weighted by Crippen LogP contribution is -2.38.